The Morgan fingerprint density at radius 3 is 2.34 bits per heavy atom. The van der Waals surface area contributed by atoms with E-state index >= 15 is 0 Å². The van der Waals surface area contributed by atoms with E-state index in [9.17, 15) is 13.2 Å². The second-order valence-corrected chi connectivity index (χ2v) is 9.00. The van der Waals surface area contributed by atoms with Gasteiger partial charge in [-0.3, -0.25) is 9.10 Å². The van der Waals surface area contributed by atoms with Gasteiger partial charge in [0, 0.05) is 5.02 Å². The Morgan fingerprint density at radius 1 is 1.10 bits per heavy atom. The lowest BCUT2D eigenvalue weighted by atomic mass is 10.2. The molecule has 0 bridgehead atoms. The molecular formula is C20H25ClN2O5S. The van der Waals surface area contributed by atoms with Crippen molar-refractivity contribution in [2.24, 2.45) is 0 Å². The fourth-order valence-electron chi connectivity index (χ4n) is 2.78. The maximum atomic E-state index is 12.9. The summed E-state index contributed by atoms with van der Waals surface area (Å²) in [5.74, 6) is 0.245. The van der Waals surface area contributed by atoms with Gasteiger partial charge in [0.25, 0.3) is 0 Å². The number of anilines is 2. The standard InChI is InChI=1S/C20H25ClN2O5S/c1-13(2)28-18-9-7-6-8-16(18)22-20(24)14(3)23(29(5,25)26)17-12-15(21)10-11-19(17)27-4/h6-14H,1-5H3,(H,22,24). The molecule has 0 aliphatic carbocycles. The zero-order chi connectivity index (χ0) is 21.8. The molecule has 1 atom stereocenters. The molecule has 2 aromatic rings. The molecule has 1 amide bonds. The van der Waals surface area contributed by atoms with E-state index in [1.807, 2.05) is 13.8 Å². The van der Waals surface area contributed by atoms with Gasteiger partial charge < -0.3 is 14.8 Å². The van der Waals surface area contributed by atoms with E-state index in [1.165, 1.54) is 20.1 Å². The molecule has 0 radical (unpaired) electrons. The van der Waals surface area contributed by atoms with Crippen LogP contribution in [-0.2, 0) is 14.8 Å². The number of para-hydroxylation sites is 2. The van der Waals surface area contributed by atoms with Crippen LogP contribution in [0, 0.1) is 0 Å². The van der Waals surface area contributed by atoms with E-state index in [0.29, 0.717) is 16.5 Å². The molecule has 2 aromatic carbocycles. The highest BCUT2D eigenvalue weighted by atomic mass is 35.5. The van der Waals surface area contributed by atoms with Crippen LogP contribution in [0.4, 0.5) is 11.4 Å². The number of amides is 1. The third kappa shape index (κ3) is 5.77. The van der Waals surface area contributed by atoms with Gasteiger partial charge in [-0.15, -0.1) is 0 Å². The molecule has 0 saturated carbocycles. The van der Waals surface area contributed by atoms with Gasteiger partial charge in [-0.1, -0.05) is 23.7 Å². The lowest BCUT2D eigenvalue weighted by molar-refractivity contribution is -0.116. The zero-order valence-electron chi connectivity index (χ0n) is 17.0. The number of carbonyl (C=O) groups is 1. The minimum Gasteiger partial charge on any atom is -0.495 e. The summed E-state index contributed by atoms with van der Waals surface area (Å²) in [4.78, 5) is 12.9. The molecule has 9 heteroatoms. The van der Waals surface area contributed by atoms with E-state index in [-0.39, 0.29) is 17.5 Å². The normalized spacial score (nSPS) is 12.4. The van der Waals surface area contributed by atoms with Gasteiger partial charge in [0.15, 0.2) is 0 Å². The minimum atomic E-state index is -3.83. The zero-order valence-corrected chi connectivity index (χ0v) is 18.5. The molecular weight excluding hydrogens is 416 g/mol. The average molecular weight is 441 g/mol. The summed E-state index contributed by atoms with van der Waals surface area (Å²) in [5.41, 5.74) is 0.626. The van der Waals surface area contributed by atoms with Crippen LogP contribution in [0.5, 0.6) is 11.5 Å². The number of carbonyl (C=O) groups excluding carboxylic acids is 1. The highest BCUT2D eigenvalue weighted by molar-refractivity contribution is 7.92. The maximum Gasteiger partial charge on any atom is 0.248 e. The Labute approximate surface area is 176 Å². The first-order valence-corrected chi connectivity index (χ1v) is 11.2. The molecule has 7 nitrogen and oxygen atoms in total. The molecule has 158 valence electrons. The summed E-state index contributed by atoms with van der Waals surface area (Å²) in [5, 5.41) is 3.06. The Balaban J connectivity index is 2.40. The average Bonchev–Trinajstić information content (AvgIpc) is 2.62. The molecule has 0 aliphatic heterocycles. The van der Waals surface area contributed by atoms with E-state index < -0.39 is 22.0 Å². The number of hydrogen-bond donors (Lipinski definition) is 1. The van der Waals surface area contributed by atoms with Crippen LogP contribution in [0.3, 0.4) is 0 Å². The number of hydrogen-bond acceptors (Lipinski definition) is 5. The number of nitrogens with one attached hydrogen (secondary N) is 1. The van der Waals surface area contributed by atoms with Crippen LogP contribution in [0.25, 0.3) is 0 Å². The first kappa shape index (κ1) is 22.8. The summed E-state index contributed by atoms with van der Waals surface area (Å²) in [6.07, 6.45) is 0.932. The van der Waals surface area contributed by atoms with E-state index in [2.05, 4.69) is 5.32 Å². The first-order chi connectivity index (χ1) is 13.5. The van der Waals surface area contributed by atoms with Crippen LogP contribution in [0.15, 0.2) is 42.5 Å². The predicted octanol–water partition coefficient (Wildman–Crippen LogP) is 3.93. The third-order valence-corrected chi connectivity index (χ3v) is 5.44. The maximum absolute atomic E-state index is 12.9. The molecule has 0 heterocycles. The molecule has 0 aliphatic rings. The molecule has 1 N–H and O–H groups in total. The fourth-order valence-corrected chi connectivity index (χ4v) is 4.12. The summed E-state index contributed by atoms with van der Waals surface area (Å²) in [6, 6.07) is 10.5. The van der Waals surface area contributed by atoms with Crippen molar-refractivity contribution in [2.75, 3.05) is 23.0 Å². The minimum absolute atomic E-state index is 0.0892. The van der Waals surface area contributed by atoms with Crippen molar-refractivity contribution in [1.82, 2.24) is 0 Å². The summed E-state index contributed by atoms with van der Waals surface area (Å²) < 4.78 is 37.1. The number of rotatable bonds is 8. The molecule has 0 spiro atoms. The number of halogens is 1. The lowest BCUT2D eigenvalue weighted by Gasteiger charge is -2.29. The quantitative estimate of drug-likeness (QED) is 0.672. The van der Waals surface area contributed by atoms with Gasteiger partial charge in [-0.25, -0.2) is 8.42 Å². The monoisotopic (exact) mass is 440 g/mol. The van der Waals surface area contributed by atoms with Crippen molar-refractivity contribution in [3.05, 3.63) is 47.5 Å². The van der Waals surface area contributed by atoms with Crippen LogP contribution < -0.4 is 19.1 Å². The molecule has 0 saturated heterocycles. The fraction of sp³-hybridized carbons (Fsp3) is 0.350. The third-order valence-electron chi connectivity index (χ3n) is 3.97. The molecule has 2 rings (SSSR count). The Morgan fingerprint density at radius 2 is 1.76 bits per heavy atom. The van der Waals surface area contributed by atoms with Crippen molar-refractivity contribution in [3.63, 3.8) is 0 Å². The topological polar surface area (TPSA) is 84.9 Å². The van der Waals surface area contributed by atoms with Gasteiger partial charge in [0.1, 0.15) is 17.5 Å². The summed E-state index contributed by atoms with van der Waals surface area (Å²) in [6.45, 7) is 5.23. The van der Waals surface area contributed by atoms with Crippen LogP contribution in [0.2, 0.25) is 5.02 Å². The molecule has 1 unspecified atom stereocenters. The van der Waals surface area contributed by atoms with Gasteiger partial charge in [0.2, 0.25) is 15.9 Å². The number of nitrogens with zero attached hydrogens (tertiary/aromatic N) is 1. The van der Waals surface area contributed by atoms with Crippen molar-refractivity contribution >= 4 is 38.9 Å². The van der Waals surface area contributed by atoms with Crippen LogP contribution >= 0.6 is 11.6 Å². The SMILES string of the molecule is COc1ccc(Cl)cc1N(C(C)C(=O)Nc1ccccc1OC(C)C)S(C)(=O)=O. The molecule has 29 heavy (non-hydrogen) atoms. The number of methoxy groups -OCH3 is 1. The van der Waals surface area contributed by atoms with E-state index in [4.69, 9.17) is 21.1 Å². The van der Waals surface area contributed by atoms with Gasteiger partial charge in [-0.05, 0) is 51.1 Å². The highest BCUT2D eigenvalue weighted by Gasteiger charge is 2.32. The molecule has 0 aromatic heterocycles. The van der Waals surface area contributed by atoms with Crippen LogP contribution in [-0.4, -0.2) is 39.8 Å². The lowest BCUT2D eigenvalue weighted by Crippen LogP contribution is -2.45. The van der Waals surface area contributed by atoms with Gasteiger partial charge >= 0.3 is 0 Å². The van der Waals surface area contributed by atoms with Crippen molar-refractivity contribution in [3.8, 4) is 11.5 Å². The second kappa shape index (κ2) is 9.37. The van der Waals surface area contributed by atoms with E-state index in [1.54, 1.807) is 36.4 Å². The van der Waals surface area contributed by atoms with Gasteiger partial charge in [0.05, 0.1) is 30.8 Å². The van der Waals surface area contributed by atoms with Crippen molar-refractivity contribution in [2.45, 2.75) is 32.9 Å². The summed E-state index contributed by atoms with van der Waals surface area (Å²) >= 11 is 6.06. The highest BCUT2D eigenvalue weighted by Crippen LogP contribution is 2.34. The second-order valence-electron chi connectivity index (χ2n) is 6.70. The smallest absolute Gasteiger partial charge is 0.248 e. The Bertz CT molecular complexity index is 979. The van der Waals surface area contributed by atoms with Crippen LogP contribution in [0.1, 0.15) is 20.8 Å². The Hall–Kier alpha value is -2.45. The van der Waals surface area contributed by atoms with Gasteiger partial charge in [-0.2, -0.15) is 0 Å². The summed E-state index contributed by atoms with van der Waals surface area (Å²) in [7, 11) is -2.42. The Kier molecular flexibility index (Phi) is 7.37. The molecule has 0 fully saturated rings. The number of sulfonamides is 1. The van der Waals surface area contributed by atoms with Crippen molar-refractivity contribution < 1.29 is 22.7 Å². The first-order valence-electron chi connectivity index (χ1n) is 8.94. The van der Waals surface area contributed by atoms with E-state index in [0.717, 1.165) is 10.6 Å². The number of benzene rings is 2. The largest absolute Gasteiger partial charge is 0.495 e. The predicted molar refractivity (Wildman–Crippen MR) is 116 cm³/mol. The van der Waals surface area contributed by atoms with Crippen molar-refractivity contribution in [1.29, 1.82) is 0 Å². The number of ether oxygens (including phenoxy) is 2.